The molecule has 1 aliphatic rings. The van der Waals surface area contributed by atoms with Crippen LogP contribution in [0, 0.1) is 0 Å². The van der Waals surface area contributed by atoms with Crippen molar-refractivity contribution in [2.45, 2.75) is 26.2 Å². The molecule has 2 N–H and O–H groups in total. The van der Waals surface area contributed by atoms with Crippen molar-refractivity contribution in [3.8, 4) is 0 Å². The summed E-state index contributed by atoms with van der Waals surface area (Å²) in [5, 5.41) is 0. The molecule has 0 unspecified atom stereocenters. The molecule has 0 saturated carbocycles. The van der Waals surface area contributed by atoms with E-state index in [1.807, 2.05) is 0 Å². The van der Waals surface area contributed by atoms with E-state index in [0.29, 0.717) is 11.7 Å². The molecule has 1 aromatic heterocycles. The highest BCUT2D eigenvalue weighted by Crippen LogP contribution is 2.38. The summed E-state index contributed by atoms with van der Waals surface area (Å²) in [7, 11) is 0. The van der Waals surface area contributed by atoms with Gasteiger partial charge in [0.05, 0.1) is 0 Å². The lowest BCUT2D eigenvalue weighted by Crippen LogP contribution is -2.18. The van der Waals surface area contributed by atoms with Crippen LogP contribution in [0.15, 0.2) is 30.6 Å². The van der Waals surface area contributed by atoms with Gasteiger partial charge in [0.25, 0.3) is 0 Å². The van der Waals surface area contributed by atoms with E-state index >= 15 is 0 Å². The molecule has 3 rings (SSSR count). The summed E-state index contributed by atoms with van der Waals surface area (Å²) in [6.45, 7) is 5.20. The molecular formula is C15H18N4. The molecule has 4 heteroatoms. The number of nitrogens with two attached hydrogens (primary N) is 1. The molecule has 1 aliphatic heterocycles. The van der Waals surface area contributed by atoms with Gasteiger partial charge in [-0.1, -0.05) is 32.0 Å². The van der Waals surface area contributed by atoms with Gasteiger partial charge >= 0.3 is 0 Å². The summed E-state index contributed by atoms with van der Waals surface area (Å²) in [5.74, 6) is 1.85. The molecule has 2 heterocycles. The number of aromatic nitrogens is 2. The maximum Gasteiger partial charge on any atom is 0.142 e. The number of hydrogen-bond acceptors (Lipinski definition) is 4. The number of rotatable bonds is 2. The maximum atomic E-state index is 6.03. The highest BCUT2D eigenvalue weighted by Gasteiger charge is 2.25. The lowest BCUT2D eigenvalue weighted by molar-refractivity contribution is 0.835. The monoisotopic (exact) mass is 254 g/mol. The summed E-state index contributed by atoms with van der Waals surface area (Å²) >= 11 is 0. The molecule has 0 bridgehead atoms. The molecule has 1 aromatic carbocycles. The third-order valence-electron chi connectivity index (χ3n) is 3.61. The Kier molecular flexibility index (Phi) is 2.85. The van der Waals surface area contributed by atoms with Gasteiger partial charge in [0.15, 0.2) is 0 Å². The van der Waals surface area contributed by atoms with Gasteiger partial charge in [-0.2, -0.15) is 0 Å². The fraction of sp³-hybridized carbons (Fsp3) is 0.333. The van der Waals surface area contributed by atoms with E-state index in [0.717, 1.165) is 24.3 Å². The lowest BCUT2D eigenvalue weighted by atomic mass is 10.0. The summed E-state index contributed by atoms with van der Waals surface area (Å²) in [4.78, 5) is 10.9. The van der Waals surface area contributed by atoms with Crippen LogP contribution in [0.1, 0.15) is 30.9 Å². The van der Waals surface area contributed by atoms with Crippen molar-refractivity contribution in [2.75, 3.05) is 17.2 Å². The second-order valence-corrected chi connectivity index (χ2v) is 5.18. The average Bonchev–Trinajstić information content (AvgIpc) is 2.81. The second kappa shape index (κ2) is 4.53. The Morgan fingerprint density at radius 1 is 1.21 bits per heavy atom. The minimum absolute atomic E-state index is 0.309. The van der Waals surface area contributed by atoms with Crippen LogP contribution in [0.25, 0.3) is 0 Å². The minimum Gasteiger partial charge on any atom is -0.383 e. The van der Waals surface area contributed by atoms with Gasteiger partial charge in [0, 0.05) is 17.8 Å². The van der Waals surface area contributed by atoms with E-state index in [2.05, 4.69) is 53.0 Å². The van der Waals surface area contributed by atoms with Gasteiger partial charge in [-0.3, -0.25) is 0 Å². The molecule has 2 aromatic rings. The quantitative estimate of drug-likeness (QED) is 0.895. The first-order valence-corrected chi connectivity index (χ1v) is 6.64. The van der Waals surface area contributed by atoms with Gasteiger partial charge in [0.2, 0.25) is 0 Å². The summed E-state index contributed by atoms with van der Waals surface area (Å²) in [5.41, 5.74) is 9.68. The minimum atomic E-state index is 0.309. The zero-order valence-corrected chi connectivity index (χ0v) is 11.3. The number of hydrogen-bond donors (Lipinski definition) is 1. The Morgan fingerprint density at radius 3 is 2.79 bits per heavy atom. The smallest absolute Gasteiger partial charge is 0.142 e. The number of nitrogen functional groups attached to an aromatic ring is 1. The van der Waals surface area contributed by atoms with Crippen molar-refractivity contribution in [2.24, 2.45) is 0 Å². The van der Waals surface area contributed by atoms with Crippen LogP contribution in [0.4, 0.5) is 17.3 Å². The van der Waals surface area contributed by atoms with Gasteiger partial charge in [-0.25, -0.2) is 9.97 Å². The predicted octanol–water partition coefficient (Wildman–Crippen LogP) is 2.88. The molecular weight excluding hydrogens is 236 g/mol. The Labute approximate surface area is 113 Å². The summed E-state index contributed by atoms with van der Waals surface area (Å²) in [6.07, 6.45) is 2.61. The van der Waals surface area contributed by atoms with E-state index in [9.17, 15) is 0 Å². The first-order chi connectivity index (χ1) is 9.18. The average molecular weight is 254 g/mol. The van der Waals surface area contributed by atoms with Crippen molar-refractivity contribution >= 4 is 17.3 Å². The third-order valence-corrected chi connectivity index (χ3v) is 3.61. The number of benzene rings is 1. The van der Waals surface area contributed by atoms with Crippen molar-refractivity contribution in [3.05, 3.63) is 41.7 Å². The van der Waals surface area contributed by atoms with E-state index in [1.165, 1.54) is 11.3 Å². The molecule has 0 spiro atoms. The molecule has 0 fully saturated rings. The SMILES string of the molecule is CC(C)c1c(N)ncnc1N1CCc2ccccc21. The number of para-hydroxylation sites is 1. The lowest BCUT2D eigenvalue weighted by Gasteiger charge is -2.23. The Morgan fingerprint density at radius 2 is 2.00 bits per heavy atom. The van der Waals surface area contributed by atoms with E-state index in [4.69, 9.17) is 5.73 Å². The summed E-state index contributed by atoms with van der Waals surface area (Å²) < 4.78 is 0. The molecule has 0 radical (unpaired) electrons. The zero-order valence-electron chi connectivity index (χ0n) is 11.3. The van der Waals surface area contributed by atoms with Crippen LogP contribution in [0.5, 0.6) is 0 Å². The second-order valence-electron chi connectivity index (χ2n) is 5.18. The highest BCUT2D eigenvalue weighted by molar-refractivity contribution is 5.72. The number of nitrogens with zero attached hydrogens (tertiary/aromatic N) is 3. The van der Waals surface area contributed by atoms with Gasteiger partial charge in [-0.15, -0.1) is 0 Å². The Bertz CT molecular complexity index is 607. The van der Waals surface area contributed by atoms with Gasteiger partial charge < -0.3 is 10.6 Å². The number of anilines is 3. The van der Waals surface area contributed by atoms with Crippen LogP contribution in [-0.2, 0) is 6.42 Å². The standard InChI is InChI=1S/C15H18N4/c1-10(2)13-14(16)17-9-18-15(13)19-8-7-11-5-3-4-6-12(11)19/h3-6,9-10H,7-8H2,1-2H3,(H2,16,17,18). The Hall–Kier alpha value is -2.10. The first kappa shape index (κ1) is 12.0. The van der Waals surface area contributed by atoms with Crippen LogP contribution in [0.2, 0.25) is 0 Å². The van der Waals surface area contributed by atoms with Crippen LogP contribution in [0.3, 0.4) is 0 Å². The van der Waals surface area contributed by atoms with E-state index in [1.54, 1.807) is 6.33 Å². The zero-order chi connectivity index (χ0) is 13.4. The molecule has 98 valence electrons. The van der Waals surface area contributed by atoms with Gasteiger partial charge in [-0.05, 0) is 24.0 Å². The molecule has 0 aliphatic carbocycles. The van der Waals surface area contributed by atoms with Crippen molar-refractivity contribution in [3.63, 3.8) is 0 Å². The first-order valence-electron chi connectivity index (χ1n) is 6.64. The van der Waals surface area contributed by atoms with Crippen LogP contribution in [-0.4, -0.2) is 16.5 Å². The third kappa shape index (κ3) is 1.93. The topological polar surface area (TPSA) is 55.0 Å². The fourth-order valence-electron chi connectivity index (χ4n) is 2.73. The molecule has 0 amide bonds. The van der Waals surface area contributed by atoms with Gasteiger partial charge in [0.1, 0.15) is 18.0 Å². The largest absolute Gasteiger partial charge is 0.383 e. The molecule has 0 atom stereocenters. The molecule has 4 nitrogen and oxygen atoms in total. The fourth-order valence-corrected chi connectivity index (χ4v) is 2.73. The van der Waals surface area contributed by atoms with Crippen LogP contribution < -0.4 is 10.6 Å². The van der Waals surface area contributed by atoms with Crippen molar-refractivity contribution < 1.29 is 0 Å². The Balaban J connectivity index is 2.12. The highest BCUT2D eigenvalue weighted by atomic mass is 15.2. The van der Waals surface area contributed by atoms with E-state index in [-0.39, 0.29) is 0 Å². The molecule has 0 saturated heterocycles. The summed E-state index contributed by atoms with van der Waals surface area (Å²) in [6, 6.07) is 8.47. The predicted molar refractivity (Wildman–Crippen MR) is 77.7 cm³/mol. The van der Waals surface area contributed by atoms with Crippen molar-refractivity contribution in [1.29, 1.82) is 0 Å². The normalized spacial score (nSPS) is 13.9. The molecule has 19 heavy (non-hydrogen) atoms. The maximum absolute atomic E-state index is 6.03. The van der Waals surface area contributed by atoms with Crippen molar-refractivity contribution in [1.82, 2.24) is 9.97 Å². The van der Waals surface area contributed by atoms with E-state index < -0.39 is 0 Å². The van der Waals surface area contributed by atoms with Crippen LogP contribution >= 0.6 is 0 Å². The number of fused-ring (bicyclic) bond motifs is 1.